The molecule has 0 spiro atoms. The third-order valence-corrected chi connectivity index (χ3v) is 5.67. The lowest BCUT2D eigenvalue weighted by Crippen LogP contribution is -2.28. The number of fused-ring (bicyclic) bond motifs is 2. The Kier molecular flexibility index (Phi) is 4.09. The van der Waals surface area contributed by atoms with Crippen LogP contribution in [-0.4, -0.2) is 23.6 Å². The van der Waals surface area contributed by atoms with Gasteiger partial charge in [0.1, 0.15) is 5.75 Å². The molecular weight excluding hydrogens is 314 g/mol. The molecule has 3 heteroatoms. The van der Waals surface area contributed by atoms with Crippen LogP contribution < -0.4 is 0 Å². The molecule has 2 aliphatic carbocycles. The van der Waals surface area contributed by atoms with Gasteiger partial charge >= 0.3 is 0 Å². The first-order valence-electron chi connectivity index (χ1n) is 7.69. The average molecular weight is 338 g/mol. The maximum Gasteiger partial charge on any atom is 0.123 e. The molecule has 0 amide bonds. The summed E-state index contributed by atoms with van der Waals surface area (Å²) in [4.78, 5) is 2.38. The van der Waals surface area contributed by atoms with Gasteiger partial charge in [0.2, 0.25) is 0 Å². The monoisotopic (exact) mass is 337 g/mol. The van der Waals surface area contributed by atoms with Crippen LogP contribution in [0.1, 0.15) is 36.8 Å². The number of benzene rings is 1. The predicted octanol–water partition coefficient (Wildman–Crippen LogP) is 4.33. The van der Waals surface area contributed by atoms with Gasteiger partial charge in [0.15, 0.2) is 0 Å². The van der Waals surface area contributed by atoms with Gasteiger partial charge in [-0.25, -0.2) is 0 Å². The zero-order chi connectivity index (χ0) is 14.3. The lowest BCUT2D eigenvalue weighted by molar-refractivity contribution is 0.213. The van der Waals surface area contributed by atoms with Crippen LogP contribution in [0.5, 0.6) is 5.75 Å². The highest BCUT2D eigenvalue weighted by atomic mass is 79.9. The number of aryl methyl sites for hydroxylation is 1. The highest BCUT2D eigenvalue weighted by Gasteiger charge is 2.39. The summed E-state index contributed by atoms with van der Waals surface area (Å²) in [5, 5.41) is 10.2. The van der Waals surface area contributed by atoms with Crippen LogP contribution in [-0.2, 0) is 6.54 Å². The second-order valence-electron chi connectivity index (χ2n) is 6.86. The van der Waals surface area contributed by atoms with Gasteiger partial charge in [-0.1, -0.05) is 22.4 Å². The third-order valence-electron chi connectivity index (χ3n) is 5.22. The Bertz CT molecular complexity index is 502. The van der Waals surface area contributed by atoms with Gasteiger partial charge in [-0.2, -0.15) is 0 Å². The Hall–Kier alpha value is -0.540. The molecule has 1 aromatic rings. The molecule has 2 bridgehead atoms. The number of hydrogen-bond acceptors (Lipinski definition) is 2. The quantitative estimate of drug-likeness (QED) is 0.883. The van der Waals surface area contributed by atoms with Crippen molar-refractivity contribution in [2.75, 3.05) is 13.6 Å². The Labute approximate surface area is 130 Å². The van der Waals surface area contributed by atoms with Crippen molar-refractivity contribution in [1.29, 1.82) is 0 Å². The van der Waals surface area contributed by atoms with Crippen molar-refractivity contribution < 1.29 is 5.11 Å². The number of rotatable bonds is 4. The van der Waals surface area contributed by atoms with Crippen molar-refractivity contribution in [2.24, 2.45) is 17.8 Å². The van der Waals surface area contributed by atoms with Crippen molar-refractivity contribution >= 4 is 15.9 Å². The third kappa shape index (κ3) is 2.89. The van der Waals surface area contributed by atoms with E-state index in [0.717, 1.165) is 39.9 Å². The summed E-state index contributed by atoms with van der Waals surface area (Å²) in [5.74, 6) is 3.32. The minimum atomic E-state index is 0.452. The molecule has 0 aliphatic heterocycles. The number of aromatic hydroxyl groups is 1. The zero-order valence-electron chi connectivity index (χ0n) is 12.4. The number of hydrogen-bond donors (Lipinski definition) is 1. The SMILES string of the molecule is Cc1cc(Br)cc(CN(C)CC2CC3CCC2C3)c1O. The molecule has 3 unspecified atom stereocenters. The fourth-order valence-corrected chi connectivity index (χ4v) is 4.90. The van der Waals surface area contributed by atoms with Crippen LogP contribution in [0.2, 0.25) is 0 Å². The first-order valence-corrected chi connectivity index (χ1v) is 8.48. The molecule has 0 aromatic heterocycles. The van der Waals surface area contributed by atoms with E-state index >= 15 is 0 Å². The van der Waals surface area contributed by atoms with Gasteiger partial charge in [-0.15, -0.1) is 0 Å². The molecule has 0 heterocycles. The fourth-order valence-electron chi connectivity index (χ4n) is 4.28. The molecule has 1 aromatic carbocycles. The highest BCUT2D eigenvalue weighted by molar-refractivity contribution is 9.10. The summed E-state index contributed by atoms with van der Waals surface area (Å²) in [7, 11) is 2.18. The molecule has 3 rings (SSSR count). The second-order valence-corrected chi connectivity index (χ2v) is 7.78. The van der Waals surface area contributed by atoms with Crippen molar-refractivity contribution in [3.05, 3.63) is 27.7 Å². The number of nitrogens with zero attached hydrogens (tertiary/aromatic N) is 1. The first-order chi connectivity index (χ1) is 9.52. The number of phenols is 1. The Morgan fingerprint density at radius 2 is 2.10 bits per heavy atom. The topological polar surface area (TPSA) is 23.5 Å². The van der Waals surface area contributed by atoms with Crippen LogP contribution >= 0.6 is 15.9 Å². The van der Waals surface area contributed by atoms with Gasteiger partial charge in [-0.05, 0) is 68.7 Å². The van der Waals surface area contributed by atoms with E-state index in [2.05, 4.69) is 27.9 Å². The van der Waals surface area contributed by atoms with Crippen LogP contribution in [0.3, 0.4) is 0 Å². The minimum absolute atomic E-state index is 0.452. The van der Waals surface area contributed by atoms with Crippen molar-refractivity contribution in [2.45, 2.75) is 39.2 Å². The Balaban J connectivity index is 1.63. The van der Waals surface area contributed by atoms with E-state index in [9.17, 15) is 5.11 Å². The van der Waals surface area contributed by atoms with Crippen molar-refractivity contribution in [3.8, 4) is 5.75 Å². The number of halogens is 1. The minimum Gasteiger partial charge on any atom is -0.507 e. The normalized spacial score (nSPS) is 28.5. The molecule has 2 saturated carbocycles. The van der Waals surface area contributed by atoms with E-state index in [1.54, 1.807) is 0 Å². The Morgan fingerprint density at radius 1 is 1.30 bits per heavy atom. The average Bonchev–Trinajstić information content (AvgIpc) is 2.97. The van der Waals surface area contributed by atoms with Crippen molar-refractivity contribution in [3.63, 3.8) is 0 Å². The summed E-state index contributed by atoms with van der Waals surface area (Å²) in [6.07, 6.45) is 5.82. The molecule has 1 N–H and O–H groups in total. The highest BCUT2D eigenvalue weighted by Crippen LogP contribution is 2.48. The number of phenolic OH excluding ortho intramolecular Hbond substituents is 1. The van der Waals surface area contributed by atoms with E-state index in [1.807, 2.05) is 19.1 Å². The largest absolute Gasteiger partial charge is 0.507 e. The second kappa shape index (κ2) is 5.69. The van der Waals surface area contributed by atoms with Crippen LogP contribution in [0.25, 0.3) is 0 Å². The van der Waals surface area contributed by atoms with Crippen LogP contribution in [0.15, 0.2) is 16.6 Å². The molecule has 0 radical (unpaired) electrons. The predicted molar refractivity (Wildman–Crippen MR) is 85.8 cm³/mol. The molecule has 20 heavy (non-hydrogen) atoms. The van der Waals surface area contributed by atoms with Gasteiger partial charge < -0.3 is 10.0 Å². The maximum absolute atomic E-state index is 10.2. The molecule has 3 atom stereocenters. The van der Waals surface area contributed by atoms with E-state index in [-0.39, 0.29) is 0 Å². The van der Waals surface area contributed by atoms with Crippen LogP contribution in [0, 0.1) is 24.7 Å². The van der Waals surface area contributed by atoms with Gasteiger partial charge in [-0.3, -0.25) is 0 Å². The molecule has 2 aliphatic rings. The van der Waals surface area contributed by atoms with Gasteiger partial charge in [0, 0.05) is 23.1 Å². The van der Waals surface area contributed by atoms with Gasteiger partial charge in [0.25, 0.3) is 0 Å². The standard InChI is InChI=1S/C17H24BrNO/c1-11-5-16(18)8-15(17(11)20)10-19(2)9-14-7-12-3-4-13(14)6-12/h5,8,12-14,20H,3-4,6-7,9-10H2,1-2H3. The molecule has 2 fully saturated rings. The fraction of sp³-hybridized carbons (Fsp3) is 0.647. The summed E-state index contributed by atoms with van der Waals surface area (Å²) in [6, 6.07) is 4.01. The summed E-state index contributed by atoms with van der Waals surface area (Å²) in [5.41, 5.74) is 1.98. The van der Waals surface area contributed by atoms with E-state index in [0.29, 0.717) is 5.75 Å². The molecule has 0 saturated heterocycles. The lowest BCUT2D eigenvalue weighted by atomic mass is 9.88. The van der Waals surface area contributed by atoms with E-state index in [4.69, 9.17) is 0 Å². The molecule has 110 valence electrons. The maximum atomic E-state index is 10.2. The summed E-state index contributed by atoms with van der Waals surface area (Å²) in [6.45, 7) is 3.96. The first kappa shape index (κ1) is 14.4. The van der Waals surface area contributed by atoms with E-state index in [1.165, 1.54) is 32.2 Å². The summed E-state index contributed by atoms with van der Waals surface area (Å²) >= 11 is 3.52. The molecular formula is C17H24BrNO. The lowest BCUT2D eigenvalue weighted by Gasteiger charge is -2.27. The van der Waals surface area contributed by atoms with Crippen molar-refractivity contribution in [1.82, 2.24) is 4.90 Å². The smallest absolute Gasteiger partial charge is 0.123 e. The Morgan fingerprint density at radius 3 is 2.75 bits per heavy atom. The van der Waals surface area contributed by atoms with Gasteiger partial charge in [0.05, 0.1) is 0 Å². The summed E-state index contributed by atoms with van der Waals surface area (Å²) < 4.78 is 1.05. The van der Waals surface area contributed by atoms with Crippen LogP contribution in [0.4, 0.5) is 0 Å². The van der Waals surface area contributed by atoms with E-state index < -0.39 is 0 Å². The zero-order valence-corrected chi connectivity index (χ0v) is 14.0. The molecule has 2 nitrogen and oxygen atoms in total.